The first-order valence-electron chi connectivity index (χ1n) is 7.00. The fourth-order valence-corrected chi connectivity index (χ4v) is 3.44. The van der Waals surface area contributed by atoms with Gasteiger partial charge < -0.3 is 10.6 Å². The van der Waals surface area contributed by atoms with Crippen LogP contribution in [0.1, 0.15) is 25.8 Å². The fraction of sp³-hybridized carbons (Fsp3) is 0.571. The van der Waals surface area contributed by atoms with E-state index in [1.165, 1.54) is 6.07 Å². The van der Waals surface area contributed by atoms with Crippen LogP contribution in [-0.4, -0.2) is 39.5 Å². The quantitative estimate of drug-likeness (QED) is 0.760. The Bertz CT molecular complexity index is 563. The number of nitrogens with two attached hydrogens (primary N) is 1. The van der Waals surface area contributed by atoms with Gasteiger partial charge in [0.15, 0.2) is 0 Å². The number of hydrogen-bond acceptors (Lipinski definition) is 4. The highest BCUT2D eigenvalue weighted by atomic mass is 35.5. The van der Waals surface area contributed by atoms with Crippen LogP contribution >= 0.6 is 11.6 Å². The summed E-state index contributed by atoms with van der Waals surface area (Å²) < 4.78 is 27.0. The van der Waals surface area contributed by atoms with Crippen LogP contribution in [0.3, 0.4) is 0 Å². The van der Waals surface area contributed by atoms with Crippen LogP contribution < -0.4 is 10.5 Å². The highest BCUT2D eigenvalue weighted by molar-refractivity contribution is 7.89. The molecule has 0 fully saturated rings. The van der Waals surface area contributed by atoms with E-state index in [0.29, 0.717) is 25.7 Å². The maximum atomic E-state index is 12.2. The Morgan fingerprint density at radius 3 is 2.62 bits per heavy atom. The second-order valence-electron chi connectivity index (χ2n) is 5.10. The van der Waals surface area contributed by atoms with Crippen molar-refractivity contribution in [2.45, 2.75) is 37.8 Å². The molecule has 0 saturated heterocycles. The van der Waals surface area contributed by atoms with E-state index in [9.17, 15) is 8.42 Å². The van der Waals surface area contributed by atoms with E-state index in [1.807, 2.05) is 7.05 Å². The molecule has 7 heteroatoms. The van der Waals surface area contributed by atoms with E-state index in [4.69, 9.17) is 17.3 Å². The van der Waals surface area contributed by atoms with Gasteiger partial charge in [-0.15, -0.1) is 0 Å². The van der Waals surface area contributed by atoms with E-state index >= 15 is 0 Å². The van der Waals surface area contributed by atoms with Crippen molar-refractivity contribution in [3.63, 3.8) is 0 Å². The molecule has 1 aromatic carbocycles. The average Bonchev–Trinajstić information content (AvgIpc) is 2.45. The summed E-state index contributed by atoms with van der Waals surface area (Å²) in [5.41, 5.74) is 6.30. The lowest BCUT2D eigenvalue weighted by molar-refractivity contribution is 0.256. The van der Waals surface area contributed by atoms with Gasteiger partial charge in [0.05, 0.1) is 5.02 Å². The van der Waals surface area contributed by atoms with Gasteiger partial charge in [-0.2, -0.15) is 0 Å². The van der Waals surface area contributed by atoms with Crippen LogP contribution in [0, 0.1) is 0 Å². The van der Waals surface area contributed by atoms with Crippen molar-refractivity contribution in [3.8, 4) is 0 Å². The third-order valence-electron chi connectivity index (χ3n) is 3.62. The minimum absolute atomic E-state index is 0.0903. The summed E-state index contributed by atoms with van der Waals surface area (Å²) in [5.74, 6) is 0. The molecular formula is C14H24ClN3O2S. The molecule has 0 aliphatic carbocycles. The van der Waals surface area contributed by atoms with Gasteiger partial charge in [0.1, 0.15) is 4.90 Å². The maximum Gasteiger partial charge on any atom is 0.242 e. The predicted octanol–water partition coefficient (Wildman–Crippen LogP) is 1.81. The van der Waals surface area contributed by atoms with Crippen LogP contribution in [0.4, 0.5) is 0 Å². The first-order chi connectivity index (χ1) is 9.81. The van der Waals surface area contributed by atoms with E-state index in [1.54, 1.807) is 12.1 Å². The second kappa shape index (κ2) is 8.10. The molecule has 1 unspecified atom stereocenters. The molecule has 1 atom stereocenters. The van der Waals surface area contributed by atoms with Gasteiger partial charge in [-0.1, -0.05) is 24.6 Å². The summed E-state index contributed by atoms with van der Waals surface area (Å²) in [7, 11) is -1.62. The molecule has 1 rings (SSSR count). The van der Waals surface area contributed by atoms with Crippen LogP contribution in [0.25, 0.3) is 0 Å². The average molecular weight is 334 g/mol. The van der Waals surface area contributed by atoms with Crippen molar-refractivity contribution in [2.75, 3.05) is 20.1 Å². The second-order valence-corrected chi connectivity index (χ2v) is 7.25. The third-order valence-corrected chi connectivity index (χ3v) is 5.57. The largest absolute Gasteiger partial charge is 0.326 e. The Hall–Kier alpha value is -0.660. The van der Waals surface area contributed by atoms with Gasteiger partial charge in [-0.25, -0.2) is 13.1 Å². The molecule has 0 aromatic heterocycles. The number of nitrogens with one attached hydrogen (secondary N) is 1. The van der Waals surface area contributed by atoms with Gasteiger partial charge in [-0.3, -0.25) is 0 Å². The first-order valence-corrected chi connectivity index (χ1v) is 8.86. The van der Waals surface area contributed by atoms with Crippen molar-refractivity contribution in [1.29, 1.82) is 0 Å². The Labute approximate surface area is 132 Å². The summed E-state index contributed by atoms with van der Waals surface area (Å²) in [6, 6.07) is 5.17. The van der Waals surface area contributed by atoms with Crippen molar-refractivity contribution < 1.29 is 8.42 Å². The normalized spacial score (nSPS) is 13.6. The molecule has 0 aliphatic rings. The molecule has 5 nitrogen and oxygen atoms in total. The summed E-state index contributed by atoms with van der Waals surface area (Å²) in [6.45, 7) is 5.53. The molecule has 1 aromatic rings. The van der Waals surface area contributed by atoms with Crippen LogP contribution in [0.2, 0.25) is 5.02 Å². The van der Waals surface area contributed by atoms with Crippen LogP contribution in [0.5, 0.6) is 0 Å². The fourth-order valence-electron chi connectivity index (χ4n) is 1.86. The Kier molecular flexibility index (Phi) is 7.09. The Morgan fingerprint density at radius 2 is 2.10 bits per heavy atom. The maximum absolute atomic E-state index is 12.2. The smallest absolute Gasteiger partial charge is 0.242 e. The minimum Gasteiger partial charge on any atom is -0.326 e. The lowest BCUT2D eigenvalue weighted by Gasteiger charge is -2.23. The standard InChI is InChI=1S/C14H24ClN3O2S/c1-4-11(2)18(3)8-7-17-21(19,20)14-6-5-12(10-16)9-13(14)15/h5-6,9,11,17H,4,7-8,10,16H2,1-3H3. The van der Waals surface area contributed by atoms with Crippen LogP contribution in [-0.2, 0) is 16.6 Å². The summed E-state index contributed by atoms with van der Waals surface area (Å²) in [5, 5.41) is 0.195. The molecule has 0 heterocycles. The zero-order valence-corrected chi connectivity index (χ0v) is 14.3. The summed E-state index contributed by atoms with van der Waals surface area (Å²) in [4.78, 5) is 2.20. The van der Waals surface area contributed by atoms with Crippen molar-refractivity contribution in [2.24, 2.45) is 5.73 Å². The highest BCUT2D eigenvalue weighted by Crippen LogP contribution is 2.22. The number of hydrogen-bond donors (Lipinski definition) is 2. The molecule has 0 radical (unpaired) electrons. The molecule has 0 spiro atoms. The number of likely N-dealkylation sites (N-methyl/N-ethyl adjacent to an activating group) is 1. The molecule has 0 aliphatic heterocycles. The molecule has 120 valence electrons. The lowest BCUT2D eigenvalue weighted by atomic mass is 10.2. The van der Waals surface area contributed by atoms with Gasteiger partial charge in [-0.05, 0) is 38.1 Å². The molecule has 21 heavy (non-hydrogen) atoms. The first kappa shape index (κ1) is 18.4. The third kappa shape index (κ3) is 5.23. The van der Waals surface area contributed by atoms with E-state index in [-0.39, 0.29) is 9.92 Å². The number of halogens is 1. The molecular weight excluding hydrogens is 310 g/mol. The van der Waals surface area contributed by atoms with Crippen molar-refractivity contribution in [3.05, 3.63) is 28.8 Å². The number of benzene rings is 1. The number of rotatable bonds is 8. The lowest BCUT2D eigenvalue weighted by Crippen LogP contribution is -2.37. The Balaban J connectivity index is 2.70. The van der Waals surface area contributed by atoms with Crippen molar-refractivity contribution >= 4 is 21.6 Å². The van der Waals surface area contributed by atoms with E-state index < -0.39 is 10.0 Å². The summed E-state index contributed by atoms with van der Waals surface area (Å²) >= 11 is 6.02. The van der Waals surface area contributed by atoms with Crippen molar-refractivity contribution in [1.82, 2.24) is 9.62 Å². The predicted molar refractivity (Wildman–Crippen MR) is 86.9 cm³/mol. The highest BCUT2D eigenvalue weighted by Gasteiger charge is 2.18. The zero-order valence-electron chi connectivity index (χ0n) is 12.8. The molecule has 0 bridgehead atoms. The van der Waals surface area contributed by atoms with Gasteiger partial charge in [0, 0.05) is 25.7 Å². The van der Waals surface area contributed by atoms with E-state index in [2.05, 4.69) is 23.5 Å². The topological polar surface area (TPSA) is 75.4 Å². The van der Waals surface area contributed by atoms with Gasteiger partial charge in [0.2, 0.25) is 10.0 Å². The monoisotopic (exact) mass is 333 g/mol. The molecule has 0 saturated carbocycles. The zero-order chi connectivity index (χ0) is 16.0. The SMILES string of the molecule is CCC(C)N(C)CCNS(=O)(=O)c1ccc(CN)cc1Cl. The van der Waals surface area contributed by atoms with Gasteiger partial charge in [0.25, 0.3) is 0 Å². The molecule has 0 amide bonds. The van der Waals surface area contributed by atoms with E-state index in [0.717, 1.165) is 12.0 Å². The Morgan fingerprint density at radius 1 is 1.43 bits per heavy atom. The van der Waals surface area contributed by atoms with Gasteiger partial charge >= 0.3 is 0 Å². The van der Waals surface area contributed by atoms with Crippen LogP contribution in [0.15, 0.2) is 23.1 Å². The summed E-state index contributed by atoms with van der Waals surface area (Å²) in [6.07, 6.45) is 1.02. The molecule has 3 N–H and O–H groups in total. The minimum atomic E-state index is -3.59. The number of sulfonamides is 1. The number of nitrogens with zero attached hydrogens (tertiary/aromatic N) is 1.